The topological polar surface area (TPSA) is 72.8 Å². The number of hydrogen-bond acceptors (Lipinski definition) is 5. The van der Waals surface area contributed by atoms with Gasteiger partial charge >= 0.3 is 11.9 Å². The van der Waals surface area contributed by atoms with E-state index in [1.54, 1.807) is 0 Å². The van der Waals surface area contributed by atoms with E-state index >= 15 is 0 Å². The standard InChI is InChI=1S/C31H60O5/c1-3-5-7-9-10-11-12-13-14-15-16-17-18-19-20-22-24-26-31(34)36-28-29(32)27-35-30(33)25-23-21-8-6-4-2/h29,32H,3-28H2,1-2H3/t29-/m0/s1. The first kappa shape index (κ1) is 34.9. The van der Waals surface area contributed by atoms with Crippen LogP contribution in [-0.4, -0.2) is 36.4 Å². The average molecular weight is 513 g/mol. The summed E-state index contributed by atoms with van der Waals surface area (Å²) in [6.07, 6.45) is 27.5. The molecule has 0 saturated heterocycles. The van der Waals surface area contributed by atoms with E-state index < -0.39 is 6.10 Å². The molecular formula is C31H60O5. The fraction of sp³-hybridized carbons (Fsp3) is 0.935. The highest BCUT2D eigenvalue weighted by Crippen LogP contribution is 2.14. The third kappa shape index (κ3) is 27.5. The maximum absolute atomic E-state index is 11.8. The van der Waals surface area contributed by atoms with Gasteiger partial charge in [-0.1, -0.05) is 142 Å². The molecule has 0 fully saturated rings. The molecule has 0 aromatic carbocycles. The Labute approximate surface area is 223 Å². The molecular weight excluding hydrogens is 452 g/mol. The number of rotatable bonds is 28. The molecule has 0 amide bonds. The second-order valence-corrected chi connectivity index (χ2v) is 10.6. The maximum Gasteiger partial charge on any atom is 0.305 e. The van der Waals surface area contributed by atoms with Crippen LogP contribution in [0, 0.1) is 0 Å². The van der Waals surface area contributed by atoms with Crippen LogP contribution >= 0.6 is 0 Å². The summed E-state index contributed by atoms with van der Waals surface area (Å²) in [5.74, 6) is -0.572. The molecule has 0 aromatic rings. The van der Waals surface area contributed by atoms with Crippen molar-refractivity contribution in [3.8, 4) is 0 Å². The summed E-state index contributed by atoms with van der Waals surface area (Å²) in [7, 11) is 0. The van der Waals surface area contributed by atoms with E-state index in [0.717, 1.165) is 32.1 Å². The molecule has 5 nitrogen and oxygen atoms in total. The van der Waals surface area contributed by atoms with E-state index in [1.165, 1.54) is 109 Å². The van der Waals surface area contributed by atoms with Crippen molar-refractivity contribution in [3.05, 3.63) is 0 Å². The van der Waals surface area contributed by atoms with Crippen LogP contribution in [0.15, 0.2) is 0 Å². The number of aliphatic hydroxyl groups excluding tert-OH is 1. The van der Waals surface area contributed by atoms with E-state index in [2.05, 4.69) is 13.8 Å². The molecule has 0 aliphatic carbocycles. The molecule has 0 heterocycles. The zero-order valence-electron chi connectivity index (χ0n) is 24.0. The predicted octanol–water partition coefficient (Wildman–Crippen LogP) is 8.84. The Morgan fingerprint density at radius 3 is 1.00 bits per heavy atom. The summed E-state index contributed by atoms with van der Waals surface area (Å²) in [5.41, 5.74) is 0. The van der Waals surface area contributed by atoms with Gasteiger partial charge in [-0.2, -0.15) is 0 Å². The summed E-state index contributed by atoms with van der Waals surface area (Å²) in [5, 5.41) is 9.85. The van der Waals surface area contributed by atoms with Gasteiger partial charge in [0.1, 0.15) is 19.3 Å². The van der Waals surface area contributed by atoms with Crippen LogP contribution in [0.3, 0.4) is 0 Å². The van der Waals surface area contributed by atoms with Crippen LogP contribution in [0.4, 0.5) is 0 Å². The largest absolute Gasteiger partial charge is 0.463 e. The average Bonchev–Trinajstić information content (AvgIpc) is 2.87. The number of carbonyl (C=O) groups excluding carboxylic acids is 2. The minimum atomic E-state index is -0.950. The van der Waals surface area contributed by atoms with Crippen molar-refractivity contribution >= 4 is 11.9 Å². The smallest absolute Gasteiger partial charge is 0.305 e. The van der Waals surface area contributed by atoms with Crippen LogP contribution in [0.2, 0.25) is 0 Å². The minimum absolute atomic E-state index is 0.110. The number of aliphatic hydroxyl groups is 1. The molecule has 214 valence electrons. The lowest BCUT2D eigenvalue weighted by Crippen LogP contribution is -2.25. The lowest BCUT2D eigenvalue weighted by atomic mass is 10.0. The van der Waals surface area contributed by atoms with Gasteiger partial charge < -0.3 is 14.6 Å². The Hall–Kier alpha value is -1.10. The van der Waals surface area contributed by atoms with Crippen LogP contribution < -0.4 is 0 Å². The highest BCUT2D eigenvalue weighted by Gasteiger charge is 2.12. The van der Waals surface area contributed by atoms with Gasteiger partial charge in [-0.25, -0.2) is 0 Å². The highest BCUT2D eigenvalue weighted by molar-refractivity contribution is 5.69. The number of ether oxygens (including phenoxy) is 2. The SMILES string of the molecule is CCCCCCCCCCCCCCCCCCCC(=O)OC[C@@H](O)COC(=O)CCCCCCC. The van der Waals surface area contributed by atoms with Crippen molar-refractivity contribution in [2.75, 3.05) is 13.2 Å². The molecule has 1 N–H and O–H groups in total. The van der Waals surface area contributed by atoms with Crippen molar-refractivity contribution in [2.45, 2.75) is 174 Å². The van der Waals surface area contributed by atoms with Crippen LogP contribution in [0.25, 0.3) is 0 Å². The second-order valence-electron chi connectivity index (χ2n) is 10.6. The quantitative estimate of drug-likeness (QED) is 0.0837. The molecule has 0 aliphatic heterocycles. The highest BCUT2D eigenvalue weighted by atomic mass is 16.6. The molecule has 0 unspecified atom stereocenters. The second kappa shape index (κ2) is 28.5. The fourth-order valence-corrected chi connectivity index (χ4v) is 4.44. The van der Waals surface area contributed by atoms with Gasteiger partial charge in [0.15, 0.2) is 0 Å². The monoisotopic (exact) mass is 512 g/mol. The van der Waals surface area contributed by atoms with E-state index in [0.29, 0.717) is 12.8 Å². The molecule has 1 atom stereocenters. The Morgan fingerprint density at radius 1 is 0.472 bits per heavy atom. The number of carbonyl (C=O) groups is 2. The Bertz CT molecular complexity index is 480. The maximum atomic E-state index is 11.8. The summed E-state index contributed by atoms with van der Waals surface area (Å²) >= 11 is 0. The summed E-state index contributed by atoms with van der Waals surface area (Å²) in [4.78, 5) is 23.5. The molecule has 36 heavy (non-hydrogen) atoms. The molecule has 0 spiro atoms. The van der Waals surface area contributed by atoms with Crippen molar-refractivity contribution < 1.29 is 24.2 Å². The summed E-state index contributed by atoms with van der Waals surface area (Å²) in [6, 6.07) is 0. The Morgan fingerprint density at radius 2 is 0.722 bits per heavy atom. The van der Waals surface area contributed by atoms with Crippen LogP contribution in [-0.2, 0) is 19.1 Å². The third-order valence-corrected chi connectivity index (χ3v) is 6.84. The zero-order chi connectivity index (χ0) is 26.5. The normalized spacial score (nSPS) is 12.0. The van der Waals surface area contributed by atoms with E-state index in [-0.39, 0.29) is 25.2 Å². The van der Waals surface area contributed by atoms with Crippen molar-refractivity contribution in [1.29, 1.82) is 0 Å². The van der Waals surface area contributed by atoms with Gasteiger partial charge in [-0.15, -0.1) is 0 Å². The zero-order valence-corrected chi connectivity index (χ0v) is 24.0. The molecule has 0 aromatic heterocycles. The van der Waals surface area contributed by atoms with E-state index in [9.17, 15) is 14.7 Å². The first-order valence-electron chi connectivity index (χ1n) is 15.6. The van der Waals surface area contributed by atoms with Crippen molar-refractivity contribution in [1.82, 2.24) is 0 Å². The predicted molar refractivity (Wildman–Crippen MR) is 150 cm³/mol. The molecule has 0 radical (unpaired) electrons. The fourth-order valence-electron chi connectivity index (χ4n) is 4.44. The summed E-state index contributed by atoms with van der Waals surface area (Å²) < 4.78 is 10.2. The van der Waals surface area contributed by atoms with Crippen LogP contribution in [0.5, 0.6) is 0 Å². The lowest BCUT2D eigenvalue weighted by Gasteiger charge is -2.12. The minimum Gasteiger partial charge on any atom is -0.463 e. The molecule has 5 heteroatoms. The van der Waals surface area contributed by atoms with E-state index in [4.69, 9.17) is 9.47 Å². The molecule has 0 rings (SSSR count). The van der Waals surface area contributed by atoms with Gasteiger partial charge in [0.05, 0.1) is 0 Å². The van der Waals surface area contributed by atoms with Crippen molar-refractivity contribution in [3.63, 3.8) is 0 Å². The Kier molecular flexibility index (Phi) is 27.6. The van der Waals surface area contributed by atoms with Gasteiger partial charge in [0, 0.05) is 12.8 Å². The summed E-state index contributed by atoms with van der Waals surface area (Å²) in [6.45, 7) is 4.21. The number of unbranched alkanes of at least 4 members (excludes halogenated alkanes) is 20. The third-order valence-electron chi connectivity index (χ3n) is 6.84. The number of esters is 2. The lowest BCUT2D eigenvalue weighted by molar-refractivity contribution is -0.152. The Balaban J connectivity index is 3.34. The molecule has 0 saturated carbocycles. The first-order valence-corrected chi connectivity index (χ1v) is 15.6. The van der Waals surface area contributed by atoms with Crippen LogP contribution in [0.1, 0.15) is 168 Å². The van der Waals surface area contributed by atoms with Gasteiger partial charge in [-0.3, -0.25) is 9.59 Å². The van der Waals surface area contributed by atoms with Gasteiger partial charge in [0.2, 0.25) is 0 Å². The number of hydrogen-bond donors (Lipinski definition) is 1. The van der Waals surface area contributed by atoms with Gasteiger partial charge in [0.25, 0.3) is 0 Å². The van der Waals surface area contributed by atoms with E-state index in [1.807, 2.05) is 0 Å². The van der Waals surface area contributed by atoms with Gasteiger partial charge in [-0.05, 0) is 12.8 Å². The van der Waals surface area contributed by atoms with Crippen molar-refractivity contribution in [2.24, 2.45) is 0 Å². The molecule has 0 aliphatic rings. The first-order chi connectivity index (χ1) is 17.6. The molecule has 0 bridgehead atoms.